The number of fused-ring (bicyclic) bond motifs is 1. The summed E-state index contributed by atoms with van der Waals surface area (Å²) in [5.41, 5.74) is -1.33. The summed E-state index contributed by atoms with van der Waals surface area (Å²) in [6.07, 6.45) is -3.81. The third kappa shape index (κ3) is 4.23. The molecule has 164 valence electrons. The number of benzene rings is 1. The summed E-state index contributed by atoms with van der Waals surface area (Å²) in [4.78, 5) is 21.6. The van der Waals surface area contributed by atoms with Crippen LogP contribution in [0.1, 0.15) is 47.2 Å². The normalized spacial score (nSPS) is 17.5. The number of carbonyl (C=O) groups excluding carboxylic acids is 1. The van der Waals surface area contributed by atoms with E-state index >= 15 is 0 Å². The number of rotatable bonds is 2. The number of alkyl halides is 3. The molecular weight excluding hydrogens is 423 g/mol. The Balaban J connectivity index is 1.94. The Morgan fingerprint density at radius 3 is 2.68 bits per heavy atom. The Morgan fingerprint density at radius 1 is 1.35 bits per heavy atom. The van der Waals surface area contributed by atoms with Gasteiger partial charge in [0.15, 0.2) is 0 Å². The highest BCUT2D eigenvalue weighted by Crippen LogP contribution is 2.34. The lowest BCUT2D eigenvalue weighted by Crippen LogP contribution is -2.40. The third-order valence-electron chi connectivity index (χ3n) is 4.73. The maximum absolute atomic E-state index is 14.4. The van der Waals surface area contributed by atoms with Crippen molar-refractivity contribution in [1.29, 1.82) is 0 Å². The molecule has 12 heteroatoms. The molecule has 2 aromatic rings. The van der Waals surface area contributed by atoms with Crippen LogP contribution in [-0.4, -0.2) is 45.0 Å². The molecule has 0 bridgehead atoms. The van der Waals surface area contributed by atoms with Crippen molar-refractivity contribution in [2.75, 3.05) is 6.54 Å². The van der Waals surface area contributed by atoms with E-state index in [1.54, 1.807) is 6.92 Å². The van der Waals surface area contributed by atoms with Crippen LogP contribution in [0, 0.1) is 5.82 Å². The molecule has 7 nitrogen and oxygen atoms in total. The first kappa shape index (κ1) is 22.2. The zero-order valence-electron chi connectivity index (χ0n) is 16.5. The van der Waals surface area contributed by atoms with Gasteiger partial charge in [-0.3, -0.25) is 4.79 Å². The quantitative estimate of drug-likeness (QED) is 0.404. The molecule has 0 saturated carbocycles. The van der Waals surface area contributed by atoms with Crippen molar-refractivity contribution < 1.29 is 26.7 Å². The van der Waals surface area contributed by atoms with Crippen molar-refractivity contribution >= 4 is 18.6 Å². The van der Waals surface area contributed by atoms with E-state index in [9.17, 15) is 26.7 Å². The molecule has 31 heavy (non-hydrogen) atoms. The van der Waals surface area contributed by atoms with E-state index in [1.807, 2.05) is 0 Å². The van der Waals surface area contributed by atoms with Crippen molar-refractivity contribution in [3.8, 4) is 0 Å². The van der Waals surface area contributed by atoms with Gasteiger partial charge in [-0.25, -0.2) is 18.8 Å². The summed E-state index contributed by atoms with van der Waals surface area (Å²) in [6, 6.07) is 1.84. The van der Waals surface area contributed by atoms with Crippen molar-refractivity contribution in [3.05, 3.63) is 58.6 Å². The van der Waals surface area contributed by atoms with Crippen molar-refractivity contribution in [3.63, 3.8) is 0 Å². The summed E-state index contributed by atoms with van der Waals surface area (Å²) in [6.45, 7) is 6.20. The van der Waals surface area contributed by atoms with Crippen LogP contribution in [0.4, 0.5) is 22.0 Å². The lowest BCUT2D eigenvalue weighted by atomic mass is 10.0. The van der Waals surface area contributed by atoms with Crippen molar-refractivity contribution in [2.24, 2.45) is 9.98 Å². The molecule has 2 heterocycles. The van der Waals surface area contributed by atoms with Gasteiger partial charge in [-0.2, -0.15) is 17.9 Å². The fourth-order valence-electron chi connectivity index (χ4n) is 3.26. The second-order valence-electron chi connectivity index (χ2n) is 6.73. The zero-order valence-corrected chi connectivity index (χ0v) is 16.5. The van der Waals surface area contributed by atoms with Gasteiger partial charge in [0.05, 0.1) is 29.1 Å². The first-order valence-electron chi connectivity index (χ1n) is 9.04. The van der Waals surface area contributed by atoms with Crippen molar-refractivity contribution in [1.82, 2.24) is 19.9 Å². The third-order valence-corrected chi connectivity index (χ3v) is 4.73. The Kier molecular flexibility index (Phi) is 6.00. The van der Waals surface area contributed by atoms with Crippen LogP contribution >= 0.6 is 0 Å². The molecule has 0 unspecified atom stereocenters. The van der Waals surface area contributed by atoms with Gasteiger partial charge in [-0.05, 0) is 32.7 Å². The molecule has 1 aromatic heterocycles. The SMILES string of the molecule is C=NC(=N/C=C(\C)F)n1nnc2c1CCN(C(=O)c1cccc(C(F)(F)F)c1F)[C@@H]2C. The number of aliphatic imine (C=N–C) groups is 2. The van der Waals surface area contributed by atoms with E-state index in [0.717, 1.165) is 18.3 Å². The predicted octanol–water partition coefficient (Wildman–Crippen LogP) is 3.93. The van der Waals surface area contributed by atoms with E-state index in [2.05, 4.69) is 27.0 Å². The molecule has 1 aromatic carbocycles. The minimum atomic E-state index is -4.93. The van der Waals surface area contributed by atoms with Crippen LogP contribution in [0.2, 0.25) is 0 Å². The topological polar surface area (TPSA) is 75.7 Å². The van der Waals surface area contributed by atoms with Crippen LogP contribution < -0.4 is 0 Å². The number of halogens is 5. The summed E-state index contributed by atoms with van der Waals surface area (Å²) in [7, 11) is 0. The Hall–Kier alpha value is -3.44. The Morgan fingerprint density at radius 2 is 2.06 bits per heavy atom. The summed E-state index contributed by atoms with van der Waals surface area (Å²) in [5, 5.41) is 7.92. The molecule has 0 fully saturated rings. The fourth-order valence-corrected chi connectivity index (χ4v) is 3.26. The molecule has 0 spiro atoms. The average Bonchev–Trinajstić information content (AvgIpc) is 3.12. The molecule has 0 saturated heterocycles. The van der Waals surface area contributed by atoms with Gasteiger partial charge in [0, 0.05) is 13.0 Å². The minimum Gasteiger partial charge on any atom is -0.330 e. The smallest absolute Gasteiger partial charge is 0.330 e. The maximum Gasteiger partial charge on any atom is 0.419 e. The second-order valence-corrected chi connectivity index (χ2v) is 6.73. The molecule has 0 N–H and O–H groups in total. The van der Waals surface area contributed by atoms with Gasteiger partial charge in [0.25, 0.3) is 11.9 Å². The summed E-state index contributed by atoms with van der Waals surface area (Å²) in [5.74, 6) is -3.13. The first-order chi connectivity index (χ1) is 14.6. The number of amides is 1. The molecule has 3 rings (SSSR count). The van der Waals surface area contributed by atoms with Gasteiger partial charge < -0.3 is 4.90 Å². The number of allylic oxidation sites excluding steroid dienone is 1. The number of hydrogen-bond acceptors (Lipinski definition) is 4. The van der Waals surface area contributed by atoms with Crippen LogP contribution in [-0.2, 0) is 12.6 Å². The molecule has 1 atom stereocenters. The highest BCUT2D eigenvalue weighted by Gasteiger charge is 2.38. The monoisotopic (exact) mass is 440 g/mol. The number of aromatic nitrogens is 3. The number of nitrogens with zero attached hydrogens (tertiary/aromatic N) is 6. The Bertz CT molecular complexity index is 1080. The van der Waals surface area contributed by atoms with E-state index in [-0.39, 0.29) is 18.9 Å². The second kappa shape index (κ2) is 8.36. The van der Waals surface area contributed by atoms with Crippen LogP contribution in [0.3, 0.4) is 0 Å². The molecular formula is C19H17F5N6O. The molecule has 0 aliphatic carbocycles. The minimum absolute atomic E-state index is 0.0401. The lowest BCUT2D eigenvalue weighted by molar-refractivity contribution is -0.140. The zero-order chi connectivity index (χ0) is 22.9. The maximum atomic E-state index is 14.4. The fraction of sp³-hybridized carbons (Fsp3) is 0.316. The molecule has 0 radical (unpaired) electrons. The average molecular weight is 440 g/mol. The summed E-state index contributed by atoms with van der Waals surface area (Å²) >= 11 is 0. The lowest BCUT2D eigenvalue weighted by Gasteiger charge is -2.32. The number of carbonyl (C=O) groups is 1. The highest BCUT2D eigenvalue weighted by molar-refractivity contribution is 5.95. The van der Waals surface area contributed by atoms with E-state index < -0.39 is 40.9 Å². The van der Waals surface area contributed by atoms with Gasteiger partial charge in [0.1, 0.15) is 17.3 Å². The van der Waals surface area contributed by atoms with Gasteiger partial charge in [0.2, 0.25) is 0 Å². The van der Waals surface area contributed by atoms with Gasteiger partial charge in [-0.15, -0.1) is 5.10 Å². The van der Waals surface area contributed by atoms with Crippen LogP contribution in [0.25, 0.3) is 0 Å². The molecule has 1 aliphatic heterocycles. The standard InChI is InChI=1S/C19H17F5N6O/c1-10(20)9-26-18(25-3)30-14-7-8-29(11(2)16(14)27-28-30)17(31)12-5-4-6-13(15(12)21)19(22,23)24/h4-6,9,11H,3,7-8H2,1-2H3/b10-9+,26-18?/t11-/m1/s1. The highest BCUT2D eigenvalue weighted by atomic mass is 19.4. The summed E-state index contributed by atoms with van der Waals surface area (Å²) < 4.78 is 67.6. The molecule has 1 aliphatic rings. The Labute approximate surface area is 173 Å². The van der Waals surface area contributed by atoms with Crippen molar-refractivity contribution in [2.45, 2.75) is 32.5 Å². The van der Waals surface area contributed by atoms with E-state index in [0.29, 0.717) is 17.5 Å². The van der Waals surface area contributed by atoms with Gasteiger partial charge in [-0.1, -0.05) is 11.3 Å². The predicted molar refractivity (Wildman–Crippen MR) is 102 cm³/mol. The van der Waals surface area contributed by atoms with Crippen LogP contribution in [0.15, 0.2) is 40.2 Å². The van der Waals surface area contributed by atoms with E-state index in [4.69, 9.17) is 0 Å². The van der Waals surface area contributed by atoms with Gasteiger partial charge >= 0.3 is 6.18 Å². The number of hydrogen-bond donors (Lipinski definition) is 0. The van der Waals surface area contributed by atoms with Crippen LogP contribution in [0.5, 0.6) is 0 Å². The first-order valence-corrected chi connectivity index (χ1v) is 9.04. The van der Waals surface area contributed by atoms with E-state index in [1.165, 1.54) is 16.5 Å². The molecule has 1 amide bonds. The largest absolute Gasteiger partial charge is 0.419 e.